The van der Waals surface area contributed by atoms with Crippen molar-refractivity contribution in [3.05, 3.63) is 18.0 Å². The highest BCUT2D eigenvalue weighted by Crippen LogP contribution is 2.16. The third-order valence-corrected chi connectivity index (χ3v) is 3.31. The van der Waals surface area contributed by atoms with E-state index in [0.717, 1.165) is 37.8 Å². The van der Waals surface area contributed by atoms with Crippen molar-refractivity contribution in [1.82, 2.24) is 14.9 Å². The Labute approximate surface area is 109 Å². The van der Waals surface area contributed by atoms with Crippen LogP contribution in [0.4, 0.5) is 5.95 Å². The second-order valence-electron chi connectivity index (χ2n) is 4.91. The highest BCUT2D eigenvalue weighted by Gasteiger charge is 2.21. The predicted octanol–water partition coefficient (Wildman–Crippen LogP) is 1.17. The van der Waals surface area contributed by atoms with Gasteiger partial charge >= 0.3 is 0 Å². The van der Waals surface area contributed by atoms with Gasteiger partial charge in [0.05, 0.1) is 6.61 Å². The second kappa shape index (κ2) is 6.66. The van der Waals surface area contributed by atoms with Crippen LogP contribution < -0.4 is 5.32 Å². The number of aryl methyl sites for hydroxylation is 1. The lowest BCUT2D eigenvalue weighted by Crippen LogP contribution is -2.26. The molecule has 1 aromatic rings. The minimum Gasteiger partial charge on any atom is -0.383 e. The fraction of sp³-hybridized carbons (Fsp3) is 0.692. The summed E-state index contributed by atoms with van der Waals surface area (Å²) in [5.41, 5.74) is 1.09. The van der Waals surface area contributed by atoms with E-state index in [1.54, 1.807) is 7.11 Å². The average molecular weight is 250 g/mol. The number of methoxy groups -OCH3 is 1. The van der Waals surface area contributed by atoms with Crippen molar-refractivity contribution in [2.45, 2.75) is 13.3 Å². The van der Waals surface area contributed by atoms with Gasteiger partial charge < -0.3 is 15.0 Å². The Morgan fingerprint density at radius 3 is 2.94 bits per heavy atom. The van der Waals surface area contributed by atoms with Crippen LogP contribution in [0.2, 0.25) is 0 Å². The van der Waals surface area contributed by atoms with Crippen LogP contribution in [0.15, 0.2) is 12.4 Å². The van der Waals surface area contributed by atoms with Crippen LogP contribution in [0.1, 0.15) is 12.0 Å². The topological polar surface area (TPSA) is 50.3 Å². The fourth-order valence-corrected chi connectivity index (χ4v) is 2.22. The SMILES string of the molecule is COCCN1CC[C@@H](CNc2ncc(C)cn2)C1. The zero-order chi connectivity index (χ0) is 12.8. The van der Waals surface area contributed by atoms with Crippen molar-refractivity contribution >= 4 is 5.95 Å². The Kier molecular flexibility index (Phi) is 4.90. The van der Waals surface area contributed by atoms with Gasteiger partial charge in [-0.15, -0.1) is 0 Å². The quantitative estimate of drug-likeness (QED) is 0.821. The molecule has 1 saturated heterocycles. The van der Waals surface area contributed by atoms with Gasteiger partial charge in [-0.1, -0.05) is 0 Å². The van der Waals surface area contributed by atoms with E-state index in [9.17, 15) is 0 Å². The number of ether oxygens (including phenoxy) is 1. The fourth-order valence-electron chi connectivity index (χ4n) is 2.22. The molecule has 0 amide bonds. The molecule has 0 aliphatic carbocycles. The molecule has 1 aromatic heterocycles. The monoisotopic (exact) mass is 250 g/mol. The summed E-state index contributed by atoms with van der Waals surface area (Å²) in [5.74, 6) is 1.42. The molecule has 0 radical (unpaired) electrons. The maximum Gasteiger partial charge on any atom is 0.222 e. The molecule has 2 heterocycles. The summed E-state index contributed by atoms with van der Waals surface area (Å²) in [5, 5.41) is 3.31. The molecule has 5 nitrogen and oxygen atoms in total. The smallest absolute Gasteiger partial charge is 0.222 e. The van der Waals surface area contributed by atoms with Gasteiger partial charge in [-0.25, -0.2) is 9.97 Å². The van der Waals surface area contributed by atoms with E-state index < -0.39 is 0 Å². The molecule has 1 fully saturated rings. The predicted molar refractivity (Wildman–Crippen MR) is 71.7 cm³/mol. The van der Waals surface area contributed by atoms with Crippen LogP contribution >= 0.6 is 0 Å². The summed E-state index contributed by atoms with van der Waals surface area (Å²) in [4.78, 5) is 11.0. The summed E-state index contributed by atoms with van der Waals surface area (Å²) < 4.78 is 5.10. The number of hydrogen-bond acceptors (Lipinski definition) is 5. The molecule has 5 heteroatoms. The molecular formula is C13H22N4O. The minimum absolute atomic E-state index is 0.687. The van der Waals surface area contributed by atoms with Crippen molar-refractivity contribution in [3.63, 3.8) is 0 Å². The molecule has 0 unspecified atom stereocenters. The molecule has 1 aliphatic heterocycles. The first-order valence-corrected chi connectivity index (χ1v) is 6.51. The van der Waals surface area contributed by atoms with E-state index in [1.165, 1.54) is 13.0 Å². The standard InChI is InChI=1S/C13H22N4O/c1-11-7-14-13(15-8-11)16-9-12-3-4-17(10-12)5-6-18-2/h7-8,12H,3-6,9-10H2,1-2H3,(H,14,15,16)/t12-/m0/s1. The Bertz CT molecular complexity index is 355. The molecule has 0 spiro atoms. The second-order valence-corrected chi connectivity index (χ2v) is 4.91. The summed E-state index contributed by atoms with van der Waals surface area (Å²) in [6.07, 6.45) is 4.92. The van der Waals surface area contributed by atoms with E-state index >= 15 is 0 Å². The van der Waals surface area contributed by atoms with E-state index in [2.05, 4.69) is 20.2 Å². The van der Waals surface area contributed by atoms with Crippen LogP contribution in [0.3, 0.4) is 0 Å². The largest absolute Gasteiger partial charge is 0.383 e. The van der Waals surface area contributed by atoms with Gasteiger partial charge in [0.2, 0.25) is 5.95 Å². The van der Waals surface area contributed by atoms with Crippen LogP contribution in [0.25, 0.3) is 0 Å². The molecule has 1 N–H and O–H groups in total. The van der Waals surface area contributed by atoms with Crippen molar-refractivity contribution in [2.75, 3.05) is 45.2 Å². The van der Waals surface area contributed by atoms with Gasteiger partial charge in [0.25, 0.3) is 0 Å². The summed E-state index contributed by atoms with van der Waals surface area (Å²) >= 11 is 0. The lowest BCUT2D eigenvalue weighted by atomic mass is 10.1. The number of aromatic nitrogens is 2. The highest BCUT2D eigenvalue weighted by atomic mass is 16.5. The number of likely N-dealkylation sites (tertiary alicyclic amines) is 1. The molecule has 100 valence electrons. The number of anilines is 1. The lowest BCUT2D eigenvalue weighted by molar-refractivity contribution is 0.159. The molecule has 0 aromatic carbocycles. The normalized spacial score (nSPS) is 20.2. The number of nitrogens with zero attached hydrogens (tertiary/aromatic N) is 3. The molecule has 18 heavy (non-hydrogen) atoms. The Morgan fingerprint density at radius 2 is 2.22 bits per heavy atom. The van der Waals surface area contributed by atoms with Gasteiger partial charge in [0, 0.05) is 39.1 Å². The minimum atomic E-state index is 0.687. The zero-order valence-corrected chi connectivity index (χ0v) is 11.2. The molecule has 1 aliphatic rings. The number of nitrogens with one attached hydrogen (secondary N) is 1. The maximum absolute atomic E-state index is 5.10. The van der Waals surface area contributed by atoms with E-state index in [1.807, 2.05) is 19.3 Å². The van der Waals surface area contributed by atoms with Crippen LogP contribution in [-0.2, 0) is 4.74 Å². The van der Waals surface area contributed by atoms with Crippen LogP contribution in [0.5, 0.6) is 0 Å². The highest BCUT2D eigenvalue weighted by molar-refractivity contribution is 5.24. The number of rotatable bonds is 6. The average Bonchev–Trinajstić information content (AvgIpc) is 2.84. The van der Waals surface area contributed by atoms with Crippen molar-refractivity contribution < 1.29 is 4.74 Å². The summed E-state index contributed by atoms with van der Waals surface area (Å²) in [7, 11) is 1.75. The molecule has 0 bridgehead atoms. The lowest BCUT2D eigenvalue weighted by Gasteiger charge is -2.15. The van der Waals surface area contributed by atoms with Crippen molar-refractivity contribution in [1.29, 1.82) is 0 Å². The van der Waals surface area contributed by atoms with Crippen molar-refractivity contribution in [3.8, 4) is 0 Å². The van der Waals surface area contributed by atoms with Gasteiger partial charge in [0.15, 0.2) is 0 Å². The van der Waals surface area contributed by atoms with Gasteiger partial charge in [-0.05, 0) is 31.4 Å². The third kappa shape index (κ3) is 3.92. The first kappa shape index (κ1) is 13.2. The van der Waals surface area contributed by atoms with Crippen LogP contribution in [0, 0.1) is 12.8 Å². The zero-order valence-electron chi connectivity index (χ0n) is 11.2. The Balaban J connectivity index is 1.70. The van der Waals surface area contributed by atoms with Gasteiger partial charge in [-0.3, -0.25) is 0 Å². The Hall–Kier alpha value is -1.20. The van der Waals surface area contributed by atoms with Gasteiger partial charge in [0.1, 0.15) is 0 Å². The third-order valence-electron chi connectivity index (χ3n) is 3.31. The van der Waals surface area contributed by atoms with Crippen LogP contribution in [-0.4, -0.2) is 54.8 Å². The Morgan fingerprint density at radius 1 is 1.44 bits per heavy atom. The molecule has 0 saturated carbocycles. The molecular weight excluding hydrogens is 228 g/mol. The van der Waals surface area contributed by atoms with Gasteiger partial charge in [-0.2, -0.15) is 0 Å². The molecule has 2 rings (SSSR count). The summed E-state index contributed by atoms with van der Waals surface area (Å²) in [6, 6.07) is 0. The summed E-state index contributed by atoms with van der Waals surface area (Å²) in [6.45, 7) is 7.11. The van der Waals surface area contributed by atoms with E-state index in [-0.39, 0.29) is 0 Å². The first-order chi connectivity index (χ1) is 8.78. The van der Waals surface area contributed by atoms with Crippen molar-refractivity contribution in [2.24, 2.45) is 5.92 Å². The maximum atomic E-state index is 5.10. The van der Waals surface area contributed by atoms with E-state index in [4.69, 9.17) is 4.74 Å². The first-order valence-electron chi connectivity index (χ1n) is 6.51. The molecule has 1 atom stereocenters. The number of hydrogen-bond donors (Lipinski definition) is 1. The van der Waals surface area contributed by atoms with E-state index in [0.29, 0.717) is 5.92 Å².